The van der Waals surface area contributed by atoms with E-state index in [0.717, 1.165) is 31.0 Å². The van der Waals surface area contributed by atoms with Gasteiger partial charge in [0.05, 0.1) is 6.10 Å². The van der Waals surface area contributed by atoms with Gasteiger partial charge in [0.2, 0.25) is 0 Å². The maximum absolute atomic E-state index is 9.63. The van der Waals surface area contributed by atoms with Crippen LogP contribution < -0.4 is 5.32 Å². The summed E-state index contributed by atoms with van der Waals surface area (Å²) in [5.41, 5.74) is 0.267. The molecule has 2 aliphatic heterocycles. The zero-order valence-corrected chi connectivity index (χ0v) is 6.78. The maximum Gasteiger partial charge on any atom is 0.0636 e. The molecule has 10 heavy (non-hydrogen) atoms. The number of hydrogen-bond acceptors (Lipinski definition) is 3. The van der Waals surface area contributed by atoms with E-state index in [-0.39, 0.29) is 11.5 Å². The minimum absolute atomic E-state index is 0.0324. The van der Waals surface area contributed by atoms with Gasteiger partial charge in [-0.25, -0.2) is 0 Å². The van der Waals surface area contributed by atoms with Crippen molar-refractivity contribution >= 4 is 11.8 Å². The Balaban J connectivity index is 2.03. The molecule has 1 spiro atoms. The molecule has 1 unspecified atom stereocenters. The van der Waals surface area contributed by atoms with Crippen molar-refractivity contribution in [3.63, 3.8) is 0 Å². The molecule has 2 aliphatic rings. The average molecular weight is 159 g/mol. The highest BCUT2D eigenvalue weighted by molar-refractivity contribution is 8.00. The first-order valence-corrected chi connectivity index (χ1v) is 4.95. The Kier molecular flexibility index (Phi) is 1.66. The van der Waals surface area contributed by atoms with Gasteiger partial charge in [0.1, 0.15) is 0 Å². The number of hydrogen-bond donors (Lipinski definition) is 2. The third kappa shape index (κ3) is 0.881. The number of nitrogens with one attached hydrogen (secondary N) is 1. The van der Waals surface area contributed by atoms with Gasteiger partial charge in [0.15, 0.2) is 0 Å². The van der Waals surface area contributed by atoms with Crippen molar-refractivity contribution < 1.29 is 5.11 Å². The molecular weight excluding hydrogens is 146 g/mol. The van der Waals surface area contributed by atoms with E-state index in [1.165, 1.54) is 0 Å². The standard InChI is InChI=1S/C7H13NOS/c9-6-1-2-8-3-7(6)4-10-5-7/h6,8-9H,1-5H2. The van der Waals surface area contributed by atoms with E-state index in [1.54, 1.807) is 0 Å². The summed E-state index contributed by atoms with van der Waals surface area (Å²) < 4.78 is 0. The molecule has 0 aromatic carbocycles. The maximum atomic E-state index is 9.63. The molecule has 58 valence electrons. The molecule has 2 heterocycles. The van der Waals surface area contributed by atoms with Crippen LogP contribution in [0.5, 0.6) is 0 Å². The van der Waals surface area contributed by atoms with Crippen LogP contribution in [0.2, 0.25) is 0 Å². The number of aliphatic hydroxyl groups excluding tert-OH is 1. The quantitative estimate of drug-likeness (QED) is 0.525. The molecular formula is C7H13NOS. The minimum Gasteiger partial charge on any atom is -0.392 e. The number of thioether (sulfide) groups is 1. The van der Waals surface area contributed by atoms with Gasteiger partial charge in [-0.1, -0.05) is 0 Å². The zero-order chi connectivity index (χ0) is 7.03. The highest BCUT2D eigenvalue weighted by atomic mass is 32.2. The van der Waals surface area contributed by atoms with Crippen LogP contribution in [0.1, 0.15) is 6.42 Å². The summed E-state index contributed by atoms with van der Waals surface area (Å²) in [5, 5.41) is 13.0. The van der Waals surface area contributed by atoms with Crippen LogP contribution in [-0.2, 0) is 0 Å². The second-order valence-corrected chi connectivity index (χ2v) is 4.32. The van der Waals surface area contributed by atoms with E-state index in [0.29, 0.717) is 0 Å². The smallest absolute Gasteiger partial charge is 0.0636 e. The van der Waals surface area contributed by atoms with Crippen molar-refractivity contribution in [3.05, 3.63) is 0 Å². The van der Waals surface area contributed by atoms with Crippen LogP contribution in [0.15, 0.2) is 0 Å². The van der Waals surface area contributed by atoms with Crippen LogP contribution in [0, 0.1) is 5.41 Å². The molecule has 0 bridgehead atoms. The third-order valence-corrected chi connectivity index (χ3v) is 4.12. The largest absolute Gasteiger partial charge is 0.392 e. The molecule has 2 saturated heterocycles. The van der Waals surface area contributed by atoms with Crippen molar-refractivity contribution in [1.82, 2.24) is 5.32 Å². The molecule has 2 N–H and O–H groups in total. The van der Waals surface area contributed by atoms with E-state index in [9.17, 15) is 5.11 Å². The lowest BCUT2D eigenvalue weighted by Gasteiger charge is -2.47. The molecule has 0 aliphatic carbocycles. The van der Waals surface area contributed by atoms with Gasteiger partial charge in [-0.3, -0.25) is 0 Å². The molecule has 1 atom stereocenters. The predicted molar refractivity (Wildman–Crippen MR) is 43.3 cm³/mol. The molecule has 2 fully saturated rings. The Labute approximate surface area is 65.4 Å². The second-order valence-electron chi connectivity index (χ2n) is 3.34. The molecule has 0 aromatic rings. The van der Waals surface area contributed by atoms with Crippen LogP contribution in [-0.4, -0.2) is 35.8 Å². The fraction of sp³-hybridized carbons (Fsp3) is 1.00. The lowest BCUT2D eigenvalue weighted by molar-refractivity contribution is 0.0234. The lowest BCUT2D eigenvalue weighted by atomic mass is 9.81. The minimum atomic E-state index is -0.0324. The molecule has 2 nitrogen and oxygen atoms in total. The van der Waals surface area contributed by atoms with E-state index < -0.39 is 0 Å². The molecule has 0 amide bonds. The summed E-state index contributed by atoms with van der Waals surface area (Å²) in [5.74, 6) is 2.31. The molecule has 3 heteroatoms. The van der Waals surface area contributed by atoms with Gasteiger partial charge >= 0.3 is 0 Å². The average Bonchev–Trinajstić information content (AvgIpc) is 1.85. The van der Waals surface area contributed by atoms with Crippen LogP contribution in [0.3, 0.4) is 0 Å². The van der Waals surface area contributed by atoms with Gasteiger partial charge in [0.25, 0.3) is 0 Å². The monoisotopic (exact) mass is 159 g/mol. The Morgan fingerprint density at radius 3 is 2.70 bits per heavy atom. The zero-order valence-electron chi connectivity index (χ0n) is 5.97. The first-order chi connectivity index (χ1) is 4.83. The highest BCUT2D eigenvalue weighted by Gasteiger charge is 2.45. The summed E-state index contributed by atoms with van der Waals surface area (Å²) in [6, 6.07) is 0. The topological polar surface area (TPSA) is 32.3 Å². The summed E-state index contributed by atoms with van der Waals surface area (Å²) in [6.45, 7) is 2.02. The summed E-state index contributed by atoms with van der Waals surface area (Å²) >= 11 is 1.95. The van der Waals surface area contributed by atoms with Crippen molar-refractivity contribution in [2.24, 2.45) is 5.41 Å². The number of aliphatic hydroxyl groups is 1. The third-order valence-electron chi connectivity index (χ3n) is 2.56. The van der Waals surface area contributed by atoms with Crippen molar-refractivity contribution in [2.45, 2.75) is 12.5 Å². The molecule has 0 saturated carbocycles. The molecule has 0 aromatic heterocycles. The van der Waals surface area contributed by atoms with Crippen molar-refractivity contribution in [2.75, 3.05) is 24.6 Å². The first-order valence-electron chi connectivity index (χ1n) is 3.80. The lowest BCUT2D eigenvalue weighted by Crippen LogP contribution is -2.57. The van der Waals surface area contributed by atoms with Crippen LogP contribution in [0.25, 0.3) is 0 Å². The highest BCUT2D eigenvalue weighted by Crippen LogP contribution is 2.42. The Bertz CT molecular complexity index is 136. The second kappa shape index (κ2) is 2.40. The van der Waals surface area contributed by atoms with E-state index >= 15 is 0 Å². The first kappa shape index (κ1) is 6.95. The van der Waals surface area contributed by atoms with Crippen molar-refractivity contribution in [3.8, 4) is 0 Å². The SMILES string of the molecule is OC1CCNCC12CSC2. The predicted octanol–water partition coefficient (Wildman–Crippen LogP) is 0.0738. The molecule has 0 radical (unpaired) electrons. The van der Waals surface area contributed by atoms with Gasteiger partial charge in [-0.05, 0) is 13.0 Å². The summed E-state index contributed by atoms with van der Waals surface area (Å²) in [7, 11) is 0. The van der Waals surface area contributed by atoms with Gasteiger partial charge in [-0.2, -0.15) is 11.8 Å². The summed E-state index contributed by atoms with van der Waals surface area (Å²) in [4.78, 5) is 0. The summed E-state index contributed by atoms with van der Waals surface area (Å²) in [6.07, 6.45) is 0.913. The van der Waals surface area contributed by atoms with Gasteiger partial charge < -0.3 is 10.4 Å². The van der Waals surface area contributed by atoms with Crippen LogP contribution >= 0.6 is 11.8 Å². The van der Waals surface area contributed by atoms with E-state index in [4.69, 9.17) is 0 Å². The number of piperidine rings is 1. The van der Waals surface area contributed by atoms with Crippen molar-refractivity contribution in [1.29, 1.82) is 0 Å². The van der Waals surface area contributed by atoms with E-state index in [2.05, 4.69) is 5.32 Å². The Morgan fingerprint density at radius 2 is 2.30 bits per heavy atom. The Hall–Kier alpha value is 0.270. The van der Waals surface area contributed by atoms with Crippen LogP contribution in [0.4, 0.5) is 0 Å². The van der Waals surface area contributed by atoms with E-state index in [1.807, 2.05) is 11.8 Å². The Morgan fingerprint density at radius 1 is 1.50 bits per heavy atom. The van der Waals surface area contributed by atoms with Gasteiger partial charge in [-0.15, -0.1) is 0 Å². The van der Waals surface area contributed by atoms with Gasteiger partial charge in [0, 0.05) is 23.5 Å². The molecule has 2 rings (SSSR count). The fourth-order valence-corrected chi connectivity index (χ4v) is 2.98. The number of rotatable bonds is 0. The normalized spacial score (nSPS) is 37.5. The fourth-order valence-electron chi connectivity index (χ4n) is 1.66.